The second kappa shape index (κ2) is 5.17. The van der Waals surface area contributed by atoms with E-state index < -0.39 is 31.3 Å². The molecule has 8 heteroatoms. The van der Waals surface area contributed by atoms with E-state index in [1.165, 1.54) is 0 Å². The SMILES string of the molecule is COc1c(OC(F)(F)F)ncc(CO)c1CF. The van der Waals surface area contributed by atoms with E-state index in [1.54, 1.807) is 0 Å². The van der Waals surface area contributed by atoms with Crippen LogP contribution >= 0.6 is 0 Å². The van der Waals surface area contributed by atoms with Crippen molar-refractivity contribution >= 4 is 0 Å². The van der Waals surface area contributed by atoms with Crippen LogP contribution in [0.25, 0.3) is 0 Å². The molecule has 0 spiro atoms. The van der Waals surface area contributed by atoms with E-state index in [4.69, 9.17) is 5.11 Å². The lowest BCUT2D eigenvalue weighted by Gasteiger charge is -2.15. The van der Waals surface area contributed by atoms with E-state index in [2.05, 4.69) is 14.5 Å². The molecule has 0 aliphatic carbocycles. The molecule has 1 aromatic rings. The van der Waals surface area contributed by atoms with Gasteiger partial charge in [0.05, 0.1) is 13.7 Å². The standard InChI is InChI=1S/C9H9F4NO3/c1-16-7-6(2-10)5(4-15)3-14-8(7)17-9(11,12)13/h3,15H,2,4H2,1H3. The lowest BCUT2D eigenvalue weighted by atomic mass is 10.1. The van der Waals surface area contributed by atoms with Crippen molar-refractivity contribution in [1.82, 2.24) is 4.98 Å². The van der Waals surface area contributed by atoms with E-state index in [0.717, 1.165) is 13.3 Å². The molecule has 0 amide bonds. The topological polar surface area (TPSA) is 51.6 Å². The monoisotopic (exact) mass is 255 g/mol. The number of rotatable bonds is 4. The average molecular weight is 255 g/mol. The Morgan fingerprint density at radius 3 is 2.47 bits per heavy atom. The van der Waals surface area contributed by atoms with Crippen molar-refractivity contribution in [3.8, 4) is 11.6 Å². The largest absolute Gasteiger partial charge is 0.574 e. The van der Waals surface area contributed by atoms with Crippen LogP contribution in [0, 0.1) is 0 Å². The Kier molecular flexibility index (Phi) is 4.11. The molecule has 96 valence electrons. The van der Waals surface area contributed by atoms with Crippen molar-refractivity contribution in [1.29, 1.82) is 0 Å². The lowest BCUT2D eigenvalue weighted by Crippen LogP contribution is -2.19. The van der Waals surface area contributed by atoms with Crippen LogP contribution in [0.3, 0.4) is 0 Å². The summed E-state index contributed by atoms with van der Waals surface area (Å²) in [5, 5.41) is 8.87. The molecule has 0 saturated carbocycles. The Bertz CT molecular complexity index is 395. The van der Waals surface area contributed by atoms with Gasteiger partial charge in [0, 0.05) is 17.3 Å². The molecule has 17 heavy (non-hydrogen) atoms. The number of hydrogen-bond acceptors (Lipinski definition) is 4. The number of pyridine rings is 1. The van der Waals surface area contributed by atoms with Crippen LogP contribution in [-0.4, -0.2) is 23.6 Å². The van der Waals surface area contributed by atoms with Crippen LogP contribution in [0.5, 0.6) is 11.6 Å². The number of hydrogen-bond donors (Lipinski definition) is 1. The highest BCUT2D eigenvalue weighted by molar-refractivity contribution is 5.45. The first-order valence-electron chi connectivity index (χ1n) is 4.40. The van der Waals surface area contributed by atoms with E-state index in [9.17, 15) is 17.6 Å². The summed E-state index contributed by atoms with van der Waals surface area (Å²) in [4.78, 5) is 3.32. The minimum absolute atomic E-state index is 0.0406. The number of methoxy groups -OCH3 is 1. The Morgan fingerprint density at radius 1 is 1.41 bits per heavy atom. The molecule has 0 unspecified atom stereocenters. The Morgan fingerprint density at radius 2 is 2.06 bits per heavy atom. The maximum Gasteiger partial charge on any atom is 0.574 e. The molecule has 4 nitrogen and oxygen atoms in total. The molecule has 1 heterocycles. The van der Waals surface area contributed by atoms with Crippen LogP contribution in [0.15, 0.2) is 6.20 Å². The maximum atomic E-state index is 12.7. The molecule has 0 saturated heterocycles. The number of aliphatic hydroxyl groups excluding tert-OH is 1. The fraction of sp³-hybridized carbons (Fsp3) is 0.444. The molecule has 0 atom stereocenters. The summed E-state index contributed by atoms with van der Waals surface area (Å²) < 4.78 is 56.9. The summed E-state index contributed by atoms with van der Waals surface area (Å²) in [6.45, 7) is -1.66. The highest BCUT2D eigenvalue weighted by Crippen LogP contribution is 2.35. The normalized spacial score (nSPS) is 11.4. The Hall–Kier alpha value is -1.57. The minimum Gasteiger partial charge on any atom is -0.491 e. The number of nitrogens with zero attached hydrogens (tertiary/aromatic N) is 1. The van der Waals surface area contributed by atoms with Gasteiger partial charge < -0.3 is 14.6 Å². The van der Waals surface area contributed by atoms with Crippen LogP contribution < -0.4 is 9.47 Å². The zero-order valence-corrected chi connectivity index (χ0v) is 8.71. The first kappa shape index (κ1) is 13.5. The number of ether oxygens (including phenoxy) is 2. The van der Waals surface area contributed by atoms with Crippen molar-refractivity contribution in [3.63, 3.8) is 0 Å². The van der Waals surface area contributed by atoms with Crippen molar-refractivity contribution < 1.29 is 32.1 Å². The van der Waals surface area contributed by atoms with E-state index >= 15 is 0 Å². The molecule has 0 radical (unpaired) electrons. The van der Waals surface area contributed by atoms with Crippen molar-refractivity contribution in [2.45, 2.75) is 19.6 Å². The number of halogens is 4. The summed E-state index contributed by atoms with van der Waals surface area (Å²) in [6, 6.07) is 0. The van der Waals surface area contributed by atoms with Gasteiger partial charge in [0.2, 0.25) is 0 Å². The van der Waals surface area contributed by atoms with Crippen LogP contribution in [0.4, 0.5) is 17.6 Å². The van der Waals surface area contributed by atoms with Crippen LogP contribution in [0.1, 0.15) is 11.1 Å². The van der Waals surface area contributed by atoms with Gasteiger partial charge in [-0.2, -0.15) is 0 Å². The van der Waals surface area contributed by atoms with Crippen LogP contribution in [0.2, 0.25) is 0 Å². The summed E-state index contributed by atoms with van der Waals surface area (Å²) in [5.41, 5.74) is -0.178. The third kappa shape index (κ3) is 3.19. The molecule has 0 aromatic carbocycles. The molecule has 1 rings (SSSR count). The average Bonchev–Trinajstić information content (AvgIpc) is 2.26. The van der Waals surface area contributed by atoms with Gasteiger partial charge in [0.15, 0.2) is 5.75 Å². The van der Waals surface area contributed by atoms with Gasteiger partial charge in [0.1, 0.15) is 6.67 Å². The highest BCUT2D eigenvalue weighted by atomic mass is 19.4. The molecule has 0 fully saturated rings. The molecule has 0 aliphatic rings. The van der Waals surface area contributed by atoms with E-state index in [1.807, 2.05) is 0 Å². The summed E-state index contributed by atoms with van der Waals surface area (Å²) >= 11 is 0. The van der Waals surface area contributed by atoms with Gasteiger partial charge in [0.25, 0.3) is 5.88 Å². The second-order valence-electron chi connectivity index (χ2n) is 2.94. The molecular formula is C9H9F4NO3. The third-order valence-corrected chi connectivity index (χ3v) is 1.91. The Balaban J connectivity index is 3.23. The molecule has 1 N–H and O–H groups in total. The summed E-state index contributed by atoms with van der Waals surface area (Å²) in [7, 11) is 1.06. The number of aliphatic hydroxyl groups is 1. The number of alkyl halides is 4. The van der Waals surface area contributed by atoms with Gasteiger partial charge >= 0.3 is 6.36 Å². The van der Waals surface area contributed by atoms with E-state index in [-0.39, 0.29) is 11.1 Å². The first-order chi connectivity index (χ1) is 7.92. The molecule has 0 bridgehead atoms. The Labute approximate surface area is 93.8 Å². The number of aromatic nitrogens is 1. The van der Waals surface area contributed by atoms with Gasteiger partial charge in [-0.05, 0) is 0 Å². The first-order valence-corrected chi connectivity index (χ1v) is 4.40. The predicted molar refractivity (Wildman–Crippen MR) is 48.2 cm³/mol. The molecule has 1 aromatic heterocycles. The van der Waals surface area contributed by atoms with Gasteiger partial charge in [-0.25, -0.2) is 9.37 Å². The smallest absolute Gasteiger partial charge is 0.491 e. The minimum atomic E-state index is -4.95. The zero-order chi connectivity index (χ0) is 13.1. The quantitative estimate of drug-likeness (QED) is 0.835. The molecule has 0 aliphatic heterocycles. The zero-order valence-electron chi connectivity index (χ0n) is 8.71. The fourth-order valence-electron chi connectivity index (χ4n) is 1.22. The van der Waals surface area contributed by atoms with E-state index in [0.29, 0.717) is 0 Å². The van der Waals surface area contributed by atoms with Crippen molar-refractivity contribution in [3.05, 3.63) is 17.3 Å². The summed E-state index contributed by atoms with van der Waals surface area (Å²) in [5.74, 6) is -1.36. The fourth-order valence-corrected chi connectivity index (χ4v) is 1.22. The summed E-state index contributed by atoms with van der Waals surface area (Å²) in [6.07, 6.45) is -4.05. The van der Waals surface area contributed by atoms with Crippen LogP contribution in [-0.2, 0) is 13.3 Å². The third-order valence-electron chi connectivity index (χ3n) is 1.91. The second-order valence-corrected chi connectivity index (χ2v) is 2.94. The highest BCUT2D eigenvalue weighted by Gasteiger charge is 2.34. The van der Waals surface area contributed by atoms with Gasteiger partial charge in [-0.3, -0.25) is 0 Å². The van der Waals surface area contributed by atoms with Gasteiger partial charge in [-0.1, -0.05) is 0 Å². The predicted octanol–water partition coefficient (Wildman–Crippen LogP) is 1.95. The molecular weight excluding hydrogens is 246 g/mol. The lowest BCUT2D eigenvalue weighted by molar-refractivity contribution is -0.276. The van der Waals surface area contributed by atoms with Gasteiger partial charge in [-0.15, -0.1) is 13.2 Å². The maximum absolute atomic E-state index is 12.7. The van der Waals surface area contributed by atoms with Crippen molar-refractivity contribution in [2.24, 2.45) is 0 Å². The van der Waals surface area contributed by atoms with Crippen molar-refractivity contribution in [2.75, 3.05) is 7.11 Å².